The van der Waals surface area contributed by atoms with Crippen molar-refractivity contribution in [3.8, 4) is 0 Å². The Morgan fingerprint density at radius 3 is 3.26 bits per heavy atom. The predicted molar refractivity (Wildman–Crippen MR) is 77.5 cm³/mol. The van der Waals surface area contributed by atoms with Gasteiger partial charge in [-0.15, -0.1) is 0 Å². The summed E-state index contributed by atoms with van der Waals surface area (Å²) in [6.45, 7) is 1.91. The van der Waals surface area contributed by atoms with E-state index in [9.17, 15) is 0 Å². The molecule has 1 aromatic rings. The zero-order chi connectivity index (χ0) is 13.1. The fraction of sp³-hybridized carbons (Fsp3) is 0.714. The Labute approximate surface area is 118 Å². The third kappa shape index (κ3) is 3.09. The van der Waals surface area contributed by atoms with E-state index >= 15 is 0 Å². The summed E-state index contributed by atoms with van der Waals surface area (Å²) in [6.07, 6.45) is 5.54. The van der Waals surface area contributed by atoms with E-state index < -0.39 is 0 Å². The van der Waals surface area contributed by atoms with Crippen molar-refractivity contribution >= 4 is 11.8 Å². The van der Waals surface area contributed by atoms with Crippen LogP contribution in [0.3, 0.4) is 0 Å². The fourth-order valence-corrected chi connectivity index (χ4v) is 3.69. The molecule has 0 radical (unpaired) electrons. The maximum absolute atomic E-state index is 5.76. The molecular weight excluding hydrogens is 258 g/mol. The smallest absolute Gasteiger partial charge is 0.158 e. The molecule has 19 heavy (non-hydrogen) atoms. The first-order valence-electron chi connectivity index (χ1n) is 7.05. The molecule has 0 saturated carbocycles. The van der Waals surface area contributed by atoms with Crippen molar-refractivity contribution in [1.82, 2.24) is 15.3 Å². The van der Waals surface area contributed by atoms with Gasteiger partial charge in [-0.1, -0.05) is 0 Å². The lowest BCUT2D eigenvalue weighted by atomic mass is 9.87. The van der Waals surface area contributed by atoms with E-state index in [1.165, 1.54) is 17.7 Å². The molecule has 2 heterocycles. The average molecular weight is 279 g/mol. The molecule has 104 valence electrons. The normalized spacial score (nSPS) is 27.0. The highest BCUT2D eigenvalue weighted by molar-refractivity contribution is 7.99. The monoisotopic (exact) mass is 279 g/mol. The SMILES string of the molecule is CNCC1CCc2nc(C3CSCCO3)ncc2C1. The van der Waals surface area contributed by atoms with Gasteiger partial charge in [-0.2, -0.15) is 11.8 Å². The Kier molecular flexibility index (Phi) is 4.35. The largest absolute Gasteiger partial charge is 0.368 e. The van der Waals surface area contributed by atoms with Crippen LogP contribution in [0.2, 0.25) is 0 Å². The second-order valence-corrected chi connectivity index (χ2v) is 6.45. The highest BCUT2D eigenvalue weighted by atomic mass is 32.2. The van der Waals surface area contributed by atoms with Gasteiger partial charge < -0.3 is 10.1 Å². The predicted octanol–water partition coefficient (Wildman–Crippen LogP) is 1.61. The van der Waals surface area contributed by atoms with Crippen molar-refractivity contribution in [2.45, 2.75) is 25.4 Å². The number of rotatable bonds is 3. The summed E-state index contributed by atoms with van der Waals surface area (Å²) < 4.78 is 5.76. The summed E-state index contributed by atoms with van der Waals surface area (Å²) in [5.41, 5.74) is 2.58. The summed E-state index contributed by atoms with van der Waals surface area (Å²) in [6, 6.07) is 0. The molecule has 5 heteroatoms. The van der Waals surface area contributed by atoms with Crippen molar-refractivity contribution in [3.63, 3.8) is 0 Å². The average Bonchev–Trinajstić information content (AvgIpc) is 2.48. The number of fused-ring (bicyclic) bond motifs is 1. The van der Waals surface area contributed by atoms with E-state index in [1.807, 2.05) is 25.0 Å². The van der Waals surface area contributed by atoms with Crippen LogP contribution in [0.1, 0.15) is 29.6 Å². The van der Waals surface area contributed by atoms with E-state index in [1.54, 1.807) is 0 Å². The van der Waals surface area contributed by atoms with E-state index in [0.717, 1.165) is 49.2 Å². The van der Waals surface area contributed by atoms with Crippen LogP contribution in [-0.2, 0) is 17.6 Å². The second kappa shape index (κ2) is 6.20. The van der Waals surface area contributed by atoms with Gasteiger partial charge in [0.2, 0.25) is 0 Å². The van der Waals surface area contributed by atoms with Crippen LogP contribution in [0.25, 0.3) is 0 Å². The van der Waals surface area contributed by atoms with E-state index in [2.05, 4.69) is 10.3 Å². The maximum atomic E-state index is 5.76. The quantitative estimate of drug-likeness (QED) is 0.911. The Bertz CT molecular complexity index is 435. The fourth-order valence-electron chi connectivity index (χ4n) is 2.85. The van der Waals surface area contributed by atoms with Crippen LogP contribution in [0, 0.1) is 5.92 Å². The van der Waals surface area contributed by atoms with Crippen LogP contribution in [0.4, 0.5) is 0 Å². The van der Waals surface area contributed by atoms with Gasteiger partial charge in [0.05, 0.1) is 6.61 Å². The van der Waals surface area contributed by atoms with Gasteiger partial charge in [-0.05, 0) is 44.3 Å². The Morgan fingerprint density at radius 1 is 1.53 bits per heavy atom. The third-order valence-corrected chi connectivity index (χ3v) is 4.86. The highest BCUT2D eigenvalue weighted by Gasteiger charge is 2.23. The van der Waals surface area contributed by atoms with Gasteiger partial charge in [0.15, 0.2) is 5.82 Å². The minimum atomic E-state index is 0.0964. The molecule has 1 fully saturated rings. The molecule has 0 bridgehead atoms. The Morgan fingerprint density at radius 2 is 2.47 bits per heavy atom. The van der Waals surface area contributed by atoms with Crippen molar-refractivity contribution < 1.29 is 4.74 Å². The van der Waals surface area contributed by atoms with Crippen LogP contribution >= 0.6 is 11.8 Å². The van der Waals surface area contributed by atoms with Gasteiger partial charge in [-0.25, -0.2) is 9.97 Å². The third-order valence-electron chi connectivity index (χ3n) is 3.87. The topological polar surface area (TPSA) is 47.0 Å². The molecule has 4 nitrogen and oxygen atoms in total. The molecule has 0 aromatic carbocycles. The lowest BCUT2D eigenvalue weighted by molar-refractivity contribution is 0.0691. The summed E-state index contributed by atoms with van der Waals surface area (Å²) in [5.74, 6) is 3.69. The number of ether oxygens (including phenoxy) is 1. The zero-order valence-corrected chi connectivity index (χ0v) is 12.2. The number of aromatic nitrogens is 2. The number of hydrogen-bond acceptors (Lipinski definition) is 5. The molecule has 1 aromatic heterocycles. The van der Waals surface area contributed by atoms with E-state index in [0.29, 0.717) is 0 Å². The molecule has 1 N–H and O–H groups in total. The first kappa shape index (κ1) is 13.3. The number of hydrogen-bond donors (Lipinski definition) is 1. The molecule has 1 saturated heterocycles. The lowest BCUT2D eigenvalue weighted by Crippen LogP contribution is -2.26. The minimum absolute atomic E-state index is 0.0964. The molecule has 1 aliphatic carbocycles. The van der Waals surface area contributed by atoms with Crippen LogP contribution in [0.5, 0.6) is 0 Å². The molecule has 0 spiro atoms. The molecule has 0 amide bonds. The van der Waals surface area contributed by atoms with Crippen LogP contribution < -0.4 is 5.32 Å². The standard InChI is InChI=1S/C14H21N3OS/c1-15-7-10-2-3-12-11(6-10)8-16-14(17-12)13-9-19-5-4-18-13/h8,10,13,15H,2-7,9H2,1H3. The van der Waals surface area contributed by atoms with Gasteiger partial charge in [0.25, 0.3) is 0 Å². The zero-order valence-electron chi connectivity index (χ0n) is 11.4. The first-order valence-corrected chi connectivity index (χ1v) is 8.21. The minimum Gasteiger partial charge on any atom is -0.368 e. The number of aryl methyl sites for hydroxylation is 1. The van der Waals surface area contributed by atoms with Gasteiger partial charge in [0, 0.05) is 23.4 Å². The Balaban J connectivity index is 1.73. The number of thioether (sulfide) groups is 1. The van der Waals surface area contributed by atoms with Crippen molar-refractivity contribution in [2.75, 3.05) is 31.7 Å². The maximum Gasteiger partial charge on any atom is 0.158 e. The molecular formula is C14H21N3OS. The molecule has 2 aliphatic rings. The highest BCUT2D eigenvalue weighted by Crippen LogP contribution is 2.27. The summed E-state index contributed by atoms with van der Waals surface area (Å²) in [5, 5.41) is 3.27. The Hall–Kier alpha value is -0.650. The second-order valence-electron chi connectivity index (χ2n) is 5.30. The molecule has 2 atom stereocenters. The van der Waals surface area contributed by atoms with Gasteiger partial charge >= 0.3 is 0 Å². The summed E-state index contributed by atoms with van der Waals surface area (Å²) in [4.78, 5) is 9.30. The molecule has 3 rings (SSSR count). The number of nitrogens with one attached hydrogen (secondary N) is 1. The first-order chi connectivity index (χ1) is 9.36. The van der Waals surface area contributed by atoms with Crippen LogP contribution in [0.15, 0.2) is 6.20 Å². The van der Waals surface area contributed by atoms with Gasteiger partial charge in [-0.3, -0.25) is 0 Å². The van der Waals surface area contributed by atoms with Crippen molar-refractivity contribution in [2.24, 2.45) is 5.92 Å². The molecule has 2 unspecified atom stereocenters. The van der Waals surface area contributed by atoms with Gasteiger partial charge in [0.1, 0.15) is 6.10 Å². The lowest BCUT2D eigenvalue weighted by Gasteiger charge is -2.25. The van der Waals surface area contributed by atoms with Crippen LogP contribution in [-0.4, -0.2) is 41.7 Å². The van der Waals surface area contributed by atoms with E-state index in [4.69, 9.17) is 9.72 Å². The summed E-state index contributed by atoms with van der Waals surface area (Å²) >= 11 is 1.93. The number of nitrogens with zero attached hydrogens (tertiary/aromatic N) is 2. The van der Waals surface area contributed by atoms with Crippen molar-refractivity contribution in [1.29, 1.82) is 0 Å². The molecule has 1 aliphatic heterocycles. The van der Waals surface area contributed by atoms with Crippen molar-refractivity contribution in [3.05, 3.63) is 23.3 Å². The summed E-state index contributed by atoms with van der Waals surface area (Å²) in [7, 11) is 2.02. The van der Waals surface area contributed by atoms with E-state index in [-0.39, 0.29) is 6.10 Å².